The summed E-state index contributed by atoms with van der Waals surface area (Å²) in [5, 5.41) is 15.5. The van der Waals surface area contributed by atoms with Crippen molar-refractivity contribution in [2.45, 2.75) is 93.5 Å². The van der Waals surface area contributed by atoms with Crippen LogP contribution in [0.2, 0.25) is 0 Å². The van der Waals surface area contributed by atoms with E-state index in [1.807, 2.05) is 20.8 Å². The van der Waals surface area contributed by atoms with Gasteiger partial charge in [0.15, 0.2) is 0 Å². The molecule has 0 aromatic heterocycles. The SMILES string of the molecule is CNC(=O)C(NC(=O)[C@@H](C(=O)O)[C@H](CC(C)C)C1CCC(C(C)(C)C)CC1)C(C)(C)C. The van der Waals surface area contributed by atoms with Crippen LogP contribution in [0.5, 0.6) is 0 Å². The molecule has 1 fully saturated rings. The summed E-state index contributed by atoms with van der Waals surface area (Å²) in [5.74, 6) is -2.20. The van der Waals surface area contributed by atoms with E-state index in [1.54, 1.807) is 0 Å². The number of carbonyl (C=O) groups is 3. The van der Waals surface area contributed by atoms with Crippen molar-refractivity contribution in [3.8, 4) is 0 Å². The summed E-state index contributed by atoms with van der Waals surface area (Å²) in [5.41, 5.74) is -0.285. The predicted octanol–water partition coefficient (Wildman–Crippen LogP) is 4.48. The third-order valence-corrected chi connectivity index (χ3v) is 6.98. The average Bonchev–Trinajstić information content (AvgIpc) is 2.62. The quantitative estimate of drug-likeness (QED) is 0.487. The molecule has 0 aromatic carbocycles. The summed E-state index contributed by atoms with van der Waals surface area (Å²) in [6.07, 6.45) is 4.73. The molecule has 6 heteroatoms. The summed E-state index contributed by atoms with van der Waals surface area (Å²) in [6, 6.07) is -0.789. The molecule has 1 unspecified atom stereocenters. The molecule has 1 rings (SSSR count). The molecule has 3 atom stereocenters. The fourth-order valence-electron chi connectivity index (χ4n) is 5.10. The lowest BCUT2D eigenvalue weighted by atomic mass is 9.64. The molecule has 180 valence electrons. The van der Waals surface area contributed by atoms with Gasteiger partial charge in [0, 0.05) is 7.05 Å². The summed E-state index contributed by atoms with van der Waals surface area (Å²) in [6.45, 7) is 16.5. The molecule has 0 aliphatic heterocycles. The molecule has 1 aliphatic carbocycles. The Morgan fingerprint density at radius 2 is 1.45 bits per heavy atom. The average molecular weight is 439 g/mol. The van der Waals surface area contributed by atoms with Gasteiger partial charge in [-0.2, -0.15) is 0 Å². The second-order valence-electron chi connectivity index (χ2n) is 12.0. The van der Waals surface area contributed by atoms with Gasteiger partial charge in [0.05, 0.1) is 0 Å². The molecule has 2 amide bonds. The molecule has 31 heavy (non-hydrogen) atoms. The van der Waals surface area contributed by atoms with Crippen molar-refractivity contribution >= 4 is 17.8 Å². The van der Waals surface area contributed by atoms with Crippen LogP contribution in [-0.4, -0.2) is 36.0 Å². The first kappa shape index (κ1) is 27.4. The summed E-state index contributed by atoms with van der Waals surface area (Å²) >= 11 is 0. The van der Waals surface area contributed by atoms with Crippen LogP contribution >= 0.6 is 0 Å². The second kappa shape index (κ2) is 10.8. The van der Waals surface area contributed by atoms with Crippen LogP contribution in [-0.2, 0) is 14.4 Å². The molecule has 0 bridgehead atoms. The molecule has 6 nitrogen and oxygen atoms in total. The van der Waals surface area contributed by atoms with Gasteiger partial charge in [-0.25, -0.2) is 0 Å². The van der Waals surface area contributed by atoms with Crippen molar-refractivity contribution < 1.29 is 19.5 Å². The van der Waals surface area contributed by atoms with Crippen molar-refractivity contribution in [1.29, 1.82) is 0 Å². The maximum Gasteiger partial charge on any atom is 0.316 e. The smallest absolute Gasteiger partial charge is 0.316 e. The van der Waals surface area contributed by atoms with Gasteiger partial charge in [-0.3, -0.25) is 14.4 Å². The Morgan fingerprint density at radius 3 is 1.81 bits per heavy atom. The lowest BCUT2D eigenvalue weighted by Crippen LogP contribution is -2.56. The fraction of sp³-hybridized carbons (Fsp3) is 0.880. The number of carboxylic acid groups (broad SMARTS) is 1. The first-order valence-corrected chi connectivity index (χ1v) is 11.8. The minimum absolute atomic E-state index is 0.209. The minimum Gasteiger partial charge on any atom is -0.481 e. The Labute approximate surface area is 189 Å². The van der Waals surface area contributed by atoms with E-state index in [9.17, 15) is 19.5 Å². The van der Waals surface area contributed by atoms with E-state index in [2.05, 4.69) is 45.3 Å². The van der Waals surface area contributed by atoms with Gasteiger partial charge in [0.1, 0.15) is 12.0 Å². The van der Waals surface area contributed by atoms with Crippen LogP contribution < -0.4 is 10.6 Å². The lowest BCUT2D eigenvalue weighted by molar-refractivity contribution is -0.152. The topological polar surface area (TPSA) is 95.5 Å². The predicted molar refractivity (Wildman–Crippen MR) is 124 cm³/mol. The Bertz CT molecular complexity index is 622. The zero-order chi connectivity index (χ0) is 24.1. The van der Waals surface area contributed by atoms with Crippen molar-refractivity contribution in [2.75, 3.05) is 7.05 Å². The fourth-order valence-corrected chi connectivity index (χ4v) is 5.10. The highest BCUT2D eigenvalue weighted by molar-refractivity contribution is 5.99. The highest BCUT2D eigenvalue weighted by Gasteiger charge is 2.44. The van der Waals surface area contributed by atoms with E-state index in [0.717, 1.165) is 25.7 Å². The number of hydrogen-bond acceptors (Lipinski definition) is 3. The second-order valence-corrected chi connectivity index (χ2v) is 12.0. The lowest BCUT2D eigenvalue weighted by Gasteiger charge is -2.41. The zero-order valence-corrected chi connectivity index (χ0v) is 21.2. The minimum atomic E-state index is -1.15. The number of carboxylic acids is 1. The molecule has 0 saturated heterocycles. The Balaban J connectivity index is 3.14. The molecule has 0 aromatic rings. The normalized spacial score (nSPS) is 23.0. The monoisotopic (exact) mass is 438 g/mol. The first-order valence-electron chi connectivity index (χ1n) is 11.8. The molecule has 1 aliphatic rings. The number of likely N-dealkylation sites (N-methyl/N-ethyl adjacent to an activating group) is 1. The van der Waals surface area contributed by atoms with Crippen LogP contribution in [0.15, 0.2) is 0 Å². The third-order valence-electron chi connectivity index (χ3n) is 6.98. The Hall–Kier alpha value is -1.59. The van der Waals surface area contributed by atoms with Gasteiger partial charge in [0.25, 0.3) is 0 Å². The highest BCUT2D eigenvalue weighted by Crippen LogP contribution is 2.45. The van der Waals surface area contributed by atoms with Gasteiger partial charge in [-0.05, 0) is 66.6 Å². The Morgan fingerprint density at radius 1 is 0.935 bits per heavy atom. The third kappa shape index (κ3) is 7.80. The molecular formula is C25H46N2O4. The maximum atomic E-state index is 13.3. The molecule has 3 N–H and O–H groups in total. The molecule has 0 spiro atoms. The summed E-state index contributed by atoms with van der Waals surface area (Å²) in [7, 11) is 1.52. The number of aliphatic carboxylic acids is 1. The largest absolute Gasteiger partial charge is 0.481 e. The van der Waals surface area contributed by atoms with E-state index < -0.39 is 29.3 Å². The van der Waals surface area contributed by atoms with Crippen LogP contribution in [0.4, 0.5) is 0 Å². The van der Waals surface area contributed by atoms with Crippen LogP contribution in [0, 0.1) is 40.4 Å². The number of hydrogen-bond donors (Lipinski definition) is 3. The summed E-state index contributed by atoms with van der Waals surface area (Å²) < 4.78 is 0. The van der Waals surface area contributed by atoms with Crippen molar-refractivity contribution in [1.82, 2.24) is 10.6 Å². The molecule has 0 radical (unpaired) electrons. The molecule has 0 heterocycles. The first-order chi connectivity index (χ1) is 14.1. The van der Waals surface area contributed by atoms with Gasteiger partial charge in [0.2, 0.25) is 11.8 Å². The van der Waals surface area contributed by atoms with Crippen molar-refractivity contribution in [2.24, 2.45) is 40.4 Å². The van der Waals surface area contributed by atoms with Crippen molar-refractivity contribution in [3.05, 3.63) is 0 Å². The van der Waals surface area contributed by atoms with Crippen LogP contribution in [0.3, 0.4) is 0 Å². The molecule has 1 saturated carbocycles. The zero-order valence-electron chi connectivity index (χ0n) is 21.2. The summed E-state index contributed by atoms with van der Waals surface area (Å²) in [4.78, 5) is 38.0. The standard InChI is InChI=1S/C25H46N2O4/c1-15(2)14-18(16-10-12-17(13-11-16)24(3,4)5)19(23(30)31)21(28)27-20(22(29)26-9)25(6,7)8/h15-20H,10-14H2,1-9H3,(H,26,29)(H,27,28)(H,30,31)/t16?,17?,18-,19+,20?/m1/s1. The van der Waals surface area contributed by atoms with Crippen LogP contribution in [0.25, 0.3) is 0 Å². The van der Waals surface area contributed by atoms with E-state index in [0.29, 0.717) is 12.3 Å². The van der Waals surface area contributed by atoms with Gasteiger partial charge >= 0.3 is 5.97 Å². The number of nitrogens with one attached hydrogen (secondary N) is 2. The number of amides is 2. The van der Waals surface area contributed by atoms with E-state index in [1.165, 1.54) is 7.05 Å². The van der Waals surface area contributed by atoms with E-state index >= 15 is 0 Å². The van der Waals surface area contributed by atoms with Gasteiger partial charge in [-0.1, -0.05) is 55.4 Å². The highest BCUT2D eigenvalue weighted by atomic mass is 16.4. The van der Waals surface area contributed by atoms with Crippen LogP contribution in [0.1, 0.15) is 87.5 Å². The maximum absolute atomic E-state index is 13.3. The number of carbonyl (C=O) groups excluding carboxylic acids is 2. The number of rotatable bonds is 8. The van der Waals surface area contributed by atoms with E-state index in [4.69, 9.17) is 0 Å². The van der Waals surface area contributed by atoms with E-state index in [-0.39, 0.29) is 29.1 Å². The Kier molecular flexibility index (Phi) is 9.58. The van der Waals surface area contributed by atoms with Gasteiger partial charge < -0.3 is 15.7 Å². The molecular weight excluding hydrogens is 392 g/mol. The van der Waals surface area contributed by atoms with Crippen molar-refractivity contribution in [3.63, 3.8) is 0 Å². The van der Waals surface area contributed by atoms with Gasteiger partial charge in [-0.15, -0.1) is 0 Å².